The Balaban J connectivity index is 3.48. The summed E-state index contributed by atoms with van der Waals surface area (Å²) >= 11 is 0. The summed E-state index contributed by atoms with van der Waals surface area (Å²) in [6.07, 6.45) is -4.84. The molecule has 0 heterocycles. The van der Waals surface area contributed by atoms with Crippen molar-refractivity contribution in [2.75, 3.05) is 0 Å². The van der Waals surface area contributed by atoms with Crippen molar-refractivity contribution in [3.8, 4) is 0 Å². The number of halogens is 3. The first kappa shape index (κ1) is 11.2. The monoisotopic (exact) mass is 218 g/mol. The Bertz CT molecular complexity index is 410. The lowest BCUT2D eigenvalue weighted by Crippen LogP contribution is -2.13. The lowest BCUT2D eigenvalue weighted by atomic mass is 10.0. The maximum Gasteiger partial charge on any atom is 0.417 e. The SMILES string of the molecule is O=Cc1c(C(=O)O)cccc1C(F)(F)F. The molecule has 0 aliphatic carbocycles. The predicted octanol–water partition coefficient (Wildman–Crippen LogP) is 2.22. The quantitative estimate of drug-likeness (QED) is 0.774. The zero-order chi connectivity index (χ0) is 11.6. The molecule has 0 saturated heterocycles. The highest BCUT2D eigenvalue weighted by molar-refractivity contribution is 5.98. The minimum absolute atomic E-state index is 0.105. The van der Waals surface area contributed by atoms with Crippen LogP contribution in [0.2, 0.25) is 0 Å². The number of carboxylic acids is 1. The van der Waals surface area contributed by atoms with Gasteiger partial charge in [0.05, 0.1) is 11.1 Å². The minimum atomic E-state index is -4.73. The Morgan fingerprint density at radius 3 is 2.33 bits per heavy atom. The van der Waals surface area contributed by atoms with Gasteiger partial charge in [0.1, 0.15) is 0 Å². The van der Waals surface area contributed by atoms with Crippen LogP contribution in [0.25, 0.3) is 0 Å². The highest BCUT2D eigenvalue weighted by Gasteiger charge is 2.34. The van der Waals surface area contributed by atoms with E-state index < -0.39 is 28.8 Å². The van der Waals surface area contributed by atoms with E-state index in [0.29, 0.717) is 6.07 Å². The molecule has 0 unspecified atom stereocenters. The van der Waals surface area contributed by atoms with Crippen LogP contribution in [-0.2, 0) is 6.18 Å². The number of benzene rings is 1. The topological polar surface area (TPSA) is 54.4 Å². The Morgan fingerprint density at radius 1 is 1.33 bits per heavy atom. The fourth-order valence-electron chi connectivity index (χ4n) is 1.13. The van der Waals surface area contributed by atoms with Gasteiger partial charge in [-0.3, -0.25) is 4.79 Å². The number of carboxylic acid groups (broad SMARTS) is 1. The normalized spacial score (nSPS) is 11.1. The van der Waals surface area contributed by atoms with Gasteiger partial charge in [-0.15, -0.1) is 0 Å². The molecule has 0 fully saturated rings. The van der Waals surface area contributed by atoms with Crippen molar-refractivity contribution < 1.29 is 27.9 Å². The number of carbonyl (C=O) groups is 2. The molecule has 1 N–H and O–H groups in total. The van der Waals surface area contributed by atoms with Crippen molar-refractivity contribution in [2.24, 2.45) is 0 Å². The van der Waals surface area contributed by atoms with E-state index in [-0.39, 0.29) is 6.29 Å². The smallest absolute Gasteiger partial charge is 0.417 e. The standard InChI is InChI=1S/C9H5F3O3/c10-9(11,12)7-3-1-2-5(8(14)15)6(7)4-13/h1-4H,(H,14,15). The first-order valence-electron chi connectivity index (χ1n) is 3.76. The van der Waals surface area contributed by atoms with Crippen molar-refractivity contribution in [3.05, 3.63) is 34.9 Å². The Kier molecular flexibility index (Phi) is 2.78. The molecular weight excluding hydrogens is 213 g/mol. The van der Waals surface area contributed by atoms with E-state index in [1.54, 1.807) is 0 Å². The Labute approximate surface area is 82.1 Å². The second-order valence-corrected chi connectivity index (χ2v) is 2.69. The van der Waals surface area contributed by atoms with Gasteiger partial charge in [-0.1, -0.05) is 6.07 Å². The van der Waals surface area contributed by atoms with Gasteiger partial charge in [0, 0.05) is 5.56 Å². The van der Waals surface area contributed by atoms with Crippen molar-refractivity contribution >= 4 is 12.3 Å². The Hall–Kier alpha value is -1.85. The molecule has 1 rings (SSSR count). The van der Waals surface area contributed by atoms with Crippen LogP contribution in [0.4, 0.5) is 13.2 Å². The molecule has 0 aliphatic rings. The zero-order valence-corrected chi connectivity index (χ0v) is 7.21. The van der Waals surface area contributed by atoms with Crippen LogP contribution in [-0.4, -0.2) is 17.4 Å². The highest BCUT2D eigenvalue weighted by Crippen LogP contribution is 2.32. The van der Waals surface area contributed by atoms with Gasteiger partial charge in [0.15, 0.2) is 6.29 Å². The maximum atomic E-state index is 12.3. The number of hydrogen-bond donors (Lipinski definition) is 1. The van der Waals surface area contributed by atoms with E-state index in [2.05, 4.69) is 0 Å². The molecule has 3 nitrogen and oxygen atoms in total. The van der Waals surface area contributed by atoms with Crippen LogP contribution in [0.15, 0.2) is 18.2 Å². The molecule has 0 amide bonds. The third-order valence-electron chi connectivity index (χ3n) is 1.76. The lowest BCUT2D eigenvalue weighted by molar-refractivity contribution is -0.137. The Morgan fingerprint density at radius 2 is 1.93 bits per heavy atom. The fourth-order valence-corrected chi connectivity index (χ4v) is 1.13. The molecule has 15 heavy (non-hydrogen) atoms. The molecule has 0 aliphatic heterocycles. The van der Waals surface area contributed by atoms with Crippen LogP contribution in [0, 0.1) is 0 Å². The van der Waals surface area contributed by atoms with Gasteiger partial charge in [-0.25, -0.2) is 4.79 Å². The van der Waals surface area contributed by atoms with Crippen molar-refractivity contribution in [2.45, 2.75) is 6.18 Å². The van der Waals surface area contributed by atoms with E-state index >= 15 is 0 Å². The van der Waals surface area contributed by atoms with Crippen LogP contribution < -0.4 is 0 Å². The summed E-state index contributed by atoms with van der Waals surface area (Å²) in [4.78, 5) is 21.0. The molecule has 1 aromatic rings. The van der Waals surface area contributed by atoms with E-state index in [0.717, 1.165) is 12.1 Å². The second kappa shape index (κ2) is 3.72. The maximum absolute atomic E-state index is 12.3. The summed E-state index contributed by atoms with van der Waals surface area (Å²) in [5.74, 6) is -1.57. The van der Waals surface area contributed by atoms with E-state index in [1.165, 1.54) is 0 Å². The van der Waals surface area contributed by atoms with E-state index in [1.807, 2.05) is 0 Å². The molecule has 1 aromatic carbocycles. The van der Waals surface area contributed by atoms with Gasteiger partial charge >= 0.3 is 12.1 Å². The molecule has 0 bridgehead atoms. The summed E-state index contributed by atoms with van der Waals surface area (Å²) in [6, 6.07) is 2.55. The van der Waals surface area contributed by atoms with Crippen molar-refractivity contribution in [1.29, 1.82) is 0 Å². The van der Waals surface area contributed by atoms with Crippen LogP contribution in [0.1, 0.15) is 26.3 Å². The summed E-state index contributed by atoms with van der Waals surface area (Å²) in [6.45, 7) is 0. The third-order valence-corrected chi connectivity index (χ3v) is 1.76. The van der Waals surface area contributed by atoms with E-state index in [4.69, 9.17) is 5.11 Å². The van der Waals surface area contributed by atoms with Gasteiger partial charge in [-0.05, 0) is 12.1 Å². The first-order valence-corrected chi connectivity index (χ1v) is 3.76. The van der Waals surface area contributed by atoms with Crippen LogP contribution in [0.3, 0.4) is 0 Å². The zero-order valence-electron chi connectivity index (χ0n) is 7.21. The summed E-state index contributed by atoms with van der Waals surface area (Å²) in [7, 11) is 0. The van der Waals surface area contributed by atoms with Gasteiger partial charge in [-0.2, -0.15) is 13.2 Å². The van der Waals surface area contributed by atoms with Crippen LogP contribution in [0.5, 0.6) is 0 Å². The average molecular weight is 218 g/mol. The molecule has 0 aromatic heterocycles. The molecule has 6 heteroatoms. The molecule has 0 saturated carbocycles. The predicted molar refractivity (Wildman–Crippen MR) is 43.8 cm³/mol. The number of rotatable bonds is 2. The summed E-state index contributed by atoms with van der Waals surface area (Å²) < 4.78 is 37.0. The summed E-state index contributed by atoms with van der Waals surface area (Å²) in [5.41, 5.74) is -2.74. The molecular formula is C9H5F3O3. The molecule has 80 valence electrons. The van der Waals surface area contributed by atoms with Gasteiger partial charge in [0.25, 0.3) is 0 Å². The fraction of sp³-hybridized carbons (Fsp3) is 0.111. The number of aldehydes is 1. The first-order chi connectivity index (χ1) is 6.88. The minimum Gasteiger partial charge on any atom is -0.478 e. The largest absolute Gasteiger partial charge is 0.478 e. The van der Waals surface area contributed by atoms with Gasteiger partial charge < -0.3 is 5.11 Å². The molecule has 0 spiro atoms. The lowest BCUT2D eigenvalue weighted by Gasteiger charge is -2.10. The summed E-state index contributed by atoms with van der Waals surface area (Å²) in [5, 5.41) is 8.56. The second-order valence-electron chi connectivity index (χ2n) is 2.69. The van der Waals surface area contributed by atoms with Crippen molar-refractivity contribution in [3.63, 3.8) is 0 Å². The van der Waals surface area contributed by atoms with E-state index in [9.17, 15) is 22.8 Å². The number of aromatic carboxylic acids is 1. The number of alkyl halides is 3. The average Bonchev–Trinajstić information content (AvgIpc) is 2.15. The van der Waals surface area contributed by atoms with Crippen LogP contribution >= 0.6 is 0 Å². The molecule has 0 radical (unpaired) electrons. The highest BCUT2D eigenvalue weighted by atomic mass is 19.4. The number of carbonyl (C=O) groups excluding carboxylic acids is 1. The van der Waals surface area contributed by atoms with Gasteiger partial charge in [0.2, 0.25) is 0 Å². The molecule has 0 atom stereocenters. The van der Waals surface area contributed by atoms with Crippen molar-refractivity contribution in [1.82, 2.24) is 0 Å². The number of hydrogen-bond acceptors (Lipinski definition) is 2. The third kappa shape index (κ3) is 2.15.